The number of halogens is 1. The molecule has 0 spiro atoms. The molecule has 1 aliphatic carbocycles. The molecular formula is C19H15ClN4O2S2. The van der Waals surface area contributed by atoms with Crippen LogP contribution in [0.15, 0.2) is 38.7 Å². The van der Waals surface area contributed by atoms with Crippen LogP contribution in [0.2, 0.25) is 5.02 Å². The lowest BCUT2D eigenvalue weighted by atomic mass is 9.97. The molecule has 1 N–H and O–H groups in total. The highest BCUT2D eigenvalue weighted by molar-refractivity contribution is 7.98. The van der Waals surface area contributed by atoms with E-state index in [0.29, 0.717) is 33.2 Å². The van der Waals surface area contributed by atoms with Gasteiger partial charge in [-0.25, -0.2) is 4.98 Å². The van der Waals surface area contributed by atoms with Gasteiger partial charge in [0.05, 0.1) is 21.7 Å². The number of nitrogens with one attached hydrogen (secondary N) is 1. The van der Waals surface area contributed by atoms with Gasteiger partial charge in [-0.15, -0.1) is 11.3 Å². The zero-order valence-corrected chi connectivity index (χ0v) is 17.1. The lowest BCUT2D eigenvalue weighted by molar-refractivity contribution is 0.425. The Labute approximate surface area is 173 Å². The number of hydrogen-bond acceptors (Lipinski definition) is 7. The molecule has 0 aliphatic heterocycles. The van der Waals surface area contributed by atoms with Crippen LogP contribution in [-0.2, 0) is 18.6 Å². The maximum absolute atomic E-state index is 12.6. The Morgan fingerprint density at radius 3 is 2.96 bits per heavy atom. The smallest absolute Gasteiger partial charge is 0.260 e. The second-order valence-electron chi connectivity index (χ2n) is 6.55. The van der Waals surface area contributed by atoms with Gasteiger partial charge in [0, 0.05) is 4.88 Å². The number of aromatic amines is 1. The summed E-state index contributed by atoms with van der Waals surface area (Å²) in [7, 11) is 0. The fourth-order valence-electron chi connectivity index (χ4n) is 3.40. The first-order valence-electron chi connectivity index (χ1n) is 8.94. The summed E-state index contributed by atoms with van der Waals surface area (Å²) in [6, 6.07) is 7.32. The number of H-pyrrole nitrogens is 1. The van der Waals surface area contributed by atoms with Crippen molar-refractivity contribution >= 4 is 44.9 Å². The largest absolute Gasteiger partial charge is 0.334 e. The Hall–Kier alpha value is -2.16. The number of nitrogens with zero attached hydrogens (tertiary/aromatic N) is 3. The molecule has 0 unspecified atom stereocenters. The lowest BCUT2D eigenvalue weighted by Crippen LogP contribution is -2.10. The second-order valence-corrected chi connectivity index (χ2v) is 9.00. The summed E-state index contributed by atoms with van der Waals surface area (Å²) in [6.07, 6.45) is 4.34. The van der Waals surface area contributed by atoms with Crippen LogP contribution in [0.4, 0.5) is 0 Å². The van der Waals surface area contributed by atoms with E-state index in [-0.39, 0.29) is 5.56 Å². The number of hydrogen-bond donors (Lipinski definition) is 1. The Morgan fingerprint density at radius 1 is 1.21 bits per heavy atom. The molecule has 0 saturated carbocycles. The molecule has 0 radical (unpaired) electrons. The lowest BCUT2D eigenvalue weighted by Gasteiger charge is -2.09. The zero-order chi connectivity index (χ0) is 19.1. The van der Waals surface area contributed by atoms with E-state index in [9.17, 15) is 4.79 Å². The second kappa shape index (κ2) is 7.35. The summed E-state index contributed by atoms with van der Waals surface area (Å²) in [6.45, 7) is 0. The summed E-state index contributed by atoms with van der Waals surface area (Å²) in [5.74, 6) is 1.34. The van der Waals surface area contributed by atoms with E-state index in [1.807, 2.05) is 18.2 Å². The van der Waals surface area contributed by atoms with Crippen LogP contribution in [0.5, 0.6) is 0 Å². The molecule has 9 heteroatoms. The van der Waals surface area contributed by atoms with Crippen molar-refractivity contribution in [2.45, 2.75) is 36.6 Å². The highest BCUT2D eigenvalue weighted by Gasteiger charge is 2.20. The molecule has 0 atom stereocenters. The van der Waals surface area contributed by atoms with Crippen molar-refractivity contribution in [3.8, 4) is 11.5 Å². The molecule has 28 heavy (non-hydrogen) atoms. The summed E-state index contributed by atoms with van der Waals surface area (Å²) in [5, 5.41) is 5.90. The predicted octanol–water partition coefficient (Wildman–Crippen LogP) is 4.86. The first kappa shape index (κ1) is 17.9. The summed E-state index contributed by atoms with van der Waals surface area (Å²) < 4.78 is 5.32. The van der Waals surface area contributed by atoms with Gasteiger partial charge in [-0.05, 0) is 43.4 Å². The van der Waals surface area contributed by atoms with Crippen LogP contribution in [0, 0.1) is 0 Å². The Kier molecular flexibility index (Phi) is 4.70. The number of thiophene rings is 1. The molecule has 3 aromatic heterocycles. The van der Waals surface area contributed by atoms with Crippen LogP contribution in [0.3, 0.4) is 0 Å². The van der Waals surface area contributed by atoms with Crippen LogP contribution in [0.25, 0.3) is 21.7 Å². The maximum atomic E-state index is 12.6. The number of benzene rings is 1. The van der Waals surface area contributed by atoms with E-state index in [2.05, 4.69) is 20.1 Å². The van der Waals surface area contributed by atoms with E-state index in [1.54, 1.807) is 17.4 Å². The van der Waals surface area contributed by atoms with E-state index in [4.69, 9.17) is 16.1 Å². The number of aromatic nitrogens is 4. The van der Waals surface area contributed by atoms with E-state index < -0.39 is 0 Å². The topological polar surface area (TPSA) is 84.7 Å². The van der Waals surface area contributed by atoms with Crippen molar-refractivity contribution in [2.24, 2.45) is 0 Å². The third kappa shape index (κ3) is 3.25. The van der Waals surface area contributed by atoms with Gasteiger partial charge in [0.2, 0.25) is 0 Å². The van der Waals surface area contributed by atoms with Gasteiger partial charge in [0.25, 0.3) is 11.4 Å². The SMILES string of the molecule is O=c1[nH]c(SCc2noc(-c3ccccc3Cl)n2)nc2sc3c(c12)CCCC3. The first-order valence-corrected chi connectivity index (χ1v) is 11.1. The zero-order valence-electron chi connectivity index (χ0n) is 14.7. The van der Waals surface area contributed by atoms with Gasteiger partial charge in [0.1, 0.15) is 4.83 Å². The van der Waals surface area contributed by atoms with Crippen molar-refractivity contribution in [3.63, 3.8) is 0 Å². The van der Waals surface area contributed by atoms with E-state index in [1.165, 1.54) is 28.6 Å². The normalized spacial score (nSPS) is 13.8. The Morgan fingerprint density at radius 2 is 2.07 bits per heavy atom. The molecule has 6 nitrogen and oxygen atoms in total. The quantitative estimate of drug-likeness (QED) is 0.367. The Balaban J connectivity index is 1.38. The molecule has 5 rings (SSSR count). The van der Waals surface area contributed by atoms with Crippen LogP contribution < -0.4 is 5.56 Å². The standard InChI is InChI=1S/C19H15ClN4O2S2/c20-12-7-3-1-5-10(12)17-21-14(24-26-17)9-27-19-22-16(25)15-11-6-2-4-8-13(11)28-18(15)23-19/h1,3,5,7H,2,4,6,8-9H2,(H,22,23,25). The fourth-order valence-corrected chi connectivity index (χ4v) is 5.64. The van der Waals surface area contributed by atoms with Crippen molar-refractivity contribution in [3.05, 3.63) is 55.9 Å². The van der Waals surface area contributed by atoms with Gasteiger partial charge in [0.15, 0.2) is 11.0 Å². The maximum Gasteiger partial charge on any atom is 0.260 e. The number of fused-ring (bicyclic) bond motifs is 3. The third-order valence-corrected chi connectivity index (χ3v) is 7.10. The minimum atomic E-state index is -0.0585. The third-order valence-electron chi connectivity index (χ3n) is 4.71. The molecule has 4 aromatic rings. The highest BCUT2D eigenvalue weighted by atomic mass is 35.5. The number of rotatable bonds is 4. The van der Waals surface area contributed by atoms with Crippen molar-refractivity contribution in [2.75, 3.05) is 0 Å². The van der Waals surface area contributed by atoms with Crippen LogP contribution in [-0.4, -0.2) is 20.1 Å². The highest BCUT2D eigenvalue weighted by Crippen LogP contribution is 2.34. The molecule has 1 aromatic carbocycles. The average Bonchev–Trinajstić information content (AvgIpc) is 3.31. The Bertz CT molecular complexity index is 1230. The minimum absolute atomic E-state index is 0.0585. The van der Waals surface area contributed by atoms with Gasteiger partial charge in [-0.1, -0.05) is 40.7 Å². The predicted molar refractivity (Wildman–Crippen MR) is 111 cm³/mol. The molecule has 1 aliphatic rings. The van der Waals surface area contributed by atoms with Gasteiger partial charge in [-0.2, -0.15) is 4.98 Å². The molecule has 0 saturated heterocycles. The molecular weight excluding hydrogens is 416 g/mol. The van der Waals surface area contributed by atoms with Crippen molar-refractivity contribution in [1.29, 1.82) is 0 Å². The molecule has 142 valence electrons. The first-order chi connectivity index (χ1) is 13.7. The monoisotopic (exact) mass is 430 g/mol. The van der Waals surface area contributed by atoms with Gasteiger partial charge >= 0.3 is 0 Å². The van der Waals surface area contributed by atoms with Crippen LogP contribution in [0.1, 0.15) is 29.1 Å². The molecule has 0 fully saturated rings. The summed E-state index contributed by atoms with van der Waals surface area (Å²) >= 11 is 9.20. The van der Waals surface area contributed by atoms with E-state index >= 15 is 0 Å². The van der Waals surface area contributed by atoms with Crippen molar-refractivity contribution < 1.29 is 4.52 Å². The number of thioether (sulfide) groups is 1. The van der Waals surface area contributed by atoms with Crippen molar-refractivity contribution in [1.82, 2.24) is 20.1 Å². The van der Waals surface area contributed by atoms with E-state index in [0.717, 1.165) is 29.5 Å². The minimum Gasteiger partial charge on any atom is -0.334 e. The molecule has 3 heterocycles. The number of aryl methyl sites for hydroxylation is 2. The summed E-state index contributed by atoms with van der Waals surface area (Å²) in [5.41, 5.74) is 1.83. The molecule has 0 amide bonds. The van der Waals surface area contributed by atoms with Crippen LogP contribution >= 0.6 is 34.7 Å². The van der Waals surface area contributed by atoms with Gasteiger partial charge < -0.3 is 9.51 Å². The fraction of sp³-hybridized carbons (Fsp3) is 0.263. The summed E-state index contributed by atoms with van der Waals surface area (Å²) in [4.78, 5) is 26.7. The van der Waals surface area contributed by atoms with Gasteiger partial charge in [-0.3, -0.25) is 4.79 Å². The molecule has 0 bridgehead atoms. The average molecular weight is 431 g/mol.